The Kier molecular flexibility index (Phi) is 6.63. The molecule has 6 heteroatoms. The van der Waals surface area contributed by atoms with Crippen molar-refractivity contribution in [2.45, 2.75) is 27.2 Å². The topological polar surface area (TPSA) is 76.1 Å². The first-order chi connectivity index (χ1) is 9.11. The number of carbonyl (C=O) groups is 1. The van der Waals surface area contributed by atoms with Crippen molar-refractivity contribution in [2.24, 2.45) is 5.92 Å². The van der Waals surface area contributed by atoms with Gasteiger partial charge in [-0.3, -0.25) is 4.79 Å². The third-order valence-corrected chi connectivity index (χ3v) is 2.26. The largest absolute Gasteiger partial charge is 0.478 e. The lowest BCUT2D eigenvalue weighted by Crippen LogP contribution is -2.28. The summed E-state index contributed by atoms with van der Waals surface area (Å²) in [6, 6.07) is 1.70. The first-order valence-electron chi connectivity index (χ1n) is 6.58. The van der Waals surface area contributed by atoms with Crippen LogP contribution in [0.5, 0.6) is 5.88 Å². The highest BCUT2D eigenvalue weighted by atomic mass is 16.5. The van der Waals surface area contributed by atoms with E-state index in [2.05, 4.69) is 34.4 Å². The number of carbonyl (C=O) groups excluding carboxylic acids is 1. The first-order valence-corrected chi connectivity index (χ1v) is 6.58. The number of amides is 1. The van der Waals surface area contributed by atoms with E-state index in [1.54, 1.807) is 12.3 Å². The second-order valence-corrected chi connectivity index (χ2v) is 4.53. The molecule has 0 aromatic carbocycles. The first kappa shape index (κ1) is 15.2. The molecule has 0 fully saturated rings. The van der Waals surface area contributed by atoms with Crippen molar-refractivity contribution in [3.63, 3.8) is 0 Å². The summed E-state index contributed by atoms with van der Waals surface area (Å²) in [4.78, 5) is 19.7. The molecule has 6 nitrogen and oxygen atoms in total. The zero-order valence-electron chi connectivity index (χ0n) is 11.8. The molecule has 106 valence electrons. The van der Waals surface area contributed by atoms with Crippen LogP contribution in [0.1, 0.15) is 27.2 Å². The van der Waals surface area contributed by atoms with Crippen LogP contribution in [0.15, 0.2) is 12.3 Å². The van der Waals surface area contributed by atoms with E-state index >= 15 is 0 Å². The maximum atomic E-state index is 11.5. The average Bonchev–Trinajstić information content (AvgIpc) is 2.37. The van der Waals surface area contributed by atoms with Crippen molar-refractivity contribution in [1.82, 2.24) is 15.3 Å². The van der Waals surface area contributed by atoms with Gasteiger partial charge in [0.25, 0.3) is 0 Å². The molecule has 0 radical (unpaired) electrons. The number of hydrogen-bond acceptors (Lipinski definition) is 5. The van der Waals surface area contributed by atoms with E-state index in [4.69, 9.17) is 4.74 Å². The lowest BCUT2D eigenvalue weighted by Gasteiger charge is -2.08. The smallest absolute Gasteiger partial charge is 0.225 e. The van der Waals surface area contributed by atoms with Crippen molar-refractivity contribution >= 4 is 11.9 Å². The monoisotopic (exact) mass is 266 g/mol. The number of anilines is 1. The van der Waals surface area contributed by atoms with E-state index in [1.807, 2.05) is 6.92 Å². The summed E-state index contributed by atoms with van der Waals surface area (Å²) in [5.74, 6) is 1.50. The summed E-state index contributed by atoms with van der Waals surface area (Å²) < 4.78 is 5.27. The standard InChI is InChI=1S/C13H22N4O2/c1-4-19-12-6-8-15-13(17-12)14-7-5-11(18)16-9-10(2)3/h6,8,10H,4-5,7,9H2,1-3H3,(H,16,18)(H,14,15,17). The molecule has 1 heterocycles. The van der Waals surface area contributed by atoms with Gasteiger partial charge >= 0.3 is 0 Å². The fraction of sp³-hybridized carbons (Fsp3) is 0.615. The number of hydrogen-bond donors (Lipinski definition) is 2. The van der Waals surface area contributed by atoms with E-state index in [1.165, 1.54) is 0 Å². The molecule has 0 bridgehead atoms. The summed E-state index contributed by atoms with van der Waals surface area (Å²) in [5, 5.41) is 5.85. The Balaban J connectivity index is 2.28. The molecule has 1 aromatic rings. The molecule has 0 aliphatic rings. The predicted molar refractivity (Wildman–Crippen MR) is 74.2 cm³/mol. The molecule has 0 saturated heterocycles. The Morgan fingerprint density at radius 2 is 2.26 bits per heavy atom. The van der Waals surface area contributed by atoms with E-state index in [0.29, 0.717) is 43.9 Å². The summed E-state index contributed by atoms with van der Waals surface area (Å²) >= 11 is 0. The van der Waals surface area contributed by atoms with Crippen LogP contribution in [0.2, 0.25) is 0 Å². The van der Waals surface area contributed by atoms with Gasteiger partial charge in [-0.05, 0) is 12.8 Å². The molecule has 2 N–H and O–H groups in total. The SMILES string of the molecule is CCOc1ccnc(NCCC(=O)NCC(C)C)n1. The Hall–Kier alpha value is -1.85. The van der Waals surface area contributed by atoms with Crippen molar-refractivity contribution < 1.29 is 9.53 Å². The molecule has 0 spiro atoms. The van der Waals surface area contributed by atoms with E-state index < -0.39 is 0 Å². The Morgan fingerprint density at radius 1 is 1.47 bits per heavy atom. The number of rotatable bonds is 8. The molecule has 19 heavy (non-hydrogen) atoms. The fourth-order valence-corrected chi connectivity index (χ4v) is 1.35. The molecular formula is C13H22N4O2. The molecular weight excluding hydrogens is 244 g/mol. The molecule has 0 aliphatic heterocycles. The molecule has 0 atom stereocenters. The number of nitrogens with one attached hydrogen (secondary N) is 2. The highest BCUT2D eigenvalue weighted by Gasteiger charge is 2.03. The van der Waals surface area contributed by atoms with Gasteiger partial charge in [0, 0.05) is 31.8 Å². The van der Waals surface area contributed by atoms with E-state index in [-0.39, 0.29) is 5.91 Å². The Bertz CT molecular complexity index is 396. The van der Waals surface area contributed by atoms with Crippen molar-refractivity contribution in [2.75, 3.05) is 25.0 Å². The van der Waals surface area contributed by atoms with Crippen LogP contribution in [-0.4, -0.2) is 35.6 Å². The second-order valence-electron chi connectivity index (χ2n) is 4.53. The molecule has 1 rings (SSSR count). The fourth-order valence-electron chi connectivity index (χ4n) is 1.35. The lowest BCUT2D eigenvalue weighted by molar-refractivity contribution is -0.120. The summed E-state index contributed by atoms with van der Waals surface area (Å²) in [6.07, 6.45) is 2.02. The van der Waals surface area contributed by atoms with Crippen LogP contribution in [0, 0.1) is 5.92 Å². The van der Waals surface area contributed by atoms with Gasteiger partial charge in [0.1, 0.15) is 0 Å². The van der Waals surface area contributed by atoms with Gasteiger partial charge < -0.3 is 15.4 Å². The zero-order chi connectivity index (χ0) is 14.1. The predicted octanol–water partition coefficient (Wildman–Crippen LogP) is 1.45. The third-order valence-electron chi connectivity index (χ3n) is 2.26. The molecule has 0 saturated carbocycles. The minimum absolute atomic E-state index is 0.0298. The van der Waals surface area contributed by atoms with Crippen LogP contribution in [-0.2, 0) is 4.79 Å². The number of ether oxygens (including phenoxy) is 1. The van der Waals surface area contributed by atoms with Crippen LogP contribution in [0.25, 0.3) is 0 Å². The summed E-state index contributed by atoms with van der Waals surface area (Å²) in [7, 11) is 0. The van der Waals surface area contributed by atoms with Crippen molar-refractivity contribution in [3.05, 3.63) is 12.3 Å². The van der Waals surface area contributed by atoms with Gasteiger partial charge in [-0.1, -0.05) is 13.8 Å². The maximum absolute atomic E-state index is 11.5. The molecule has 0 aliphatic carbocycles. The van der Waals surface area contributed by atoms with Crippen molar-refractivity contribution in [1.29, 1.82) is 0 Å². The third kappa shape index (κ3) is 6.59. The van der Waals surface area contributed by atoms with Crippen LogP contribution in [0.4, 0.5) is 5.95 Å². The highest BCUT2D eigenvalue weighted by molar-refractivity contribution is 5.76. The summed E-state index contributed by atoms with van der Waals surface area (Å²) in [5.41, 5.74) is 0. The minimum Gasteiger partial charge on any atom is -0.478 e. The molecule has 0 unspecified atom stereocenters. The summed E-state index contributed by atoms with van der Waals surface area (Å²) in [6.45, 7) is 7.79. The molecule has 1 aromatic heterocycles. The second kappa shape index (κ2) is 8.29. The van der Waals surface area contributed by atoms with Gasteiger partial charge in [0.15, 0.2) is 0 Å². The van der Waals surface area contributed by atoms with Crippen LogP contribution < -0.4 is 15.4 Å². The highest BCUT2D eigenvalue weighted by Crippen LogP contribution is 2.07. The van der Waals surface area contributed by atoms with Crippen LogP contribution >= 0.6 is 0 Å². The van der Waals surface area contributed by atoms with Crippen LogP contribution in [0.3, 0.4) is 0 Å². The zero-order valence-corrected chi connectivity index (χ0v) is 11.8. The van der Waals surface area contributed by atoms with Gasteiger partial charge in [0.2, 0.25) is 17.7 Å². The maximum Gasteiger partial charge on any atom is 0.225 e. The Morgan fingerprint density at radius 3 is 2.95 bits per heavy atom. The Labute approximate surface area is 114 Å². The van der Waals surface area contributed by atoms with Crippen molar-refractivity contribution in [3.8, 4) is 5.88 Å². The normalized spacial score (nSPS) is 10.3. The number of nitrogens with zero attached hydrogens (tertiary/aromatic N) is 2. The van der Waals surface area contributed by atoms with E-state index in [9.17, 15) is 4.79 Å². The minimum atomic E-state index is 0.0298. The van der Waals surface area contributed by atoms with Gasteiger partial charge in [0.05, 0.1) is 6.61 Å². The molecule has 1 amide bonds. The number of aromatic nitrogens is 2. The average molecular weight is 266 g/mol. The van der Waals surface area contributed by atoms with Gasteiger partial charge in [-0.25, -0.2) is 4.98 Å². The quantitative estimate of drug-likeness (QED) is 0.744. The van der Waals surface area contributed by atoms with Gasteiger partial charge in [-0.15, -0.1) is 0 Å². The van der Waals surface area contributed by atoms with Gasteiger partial charge in [-0.2, -0.15) is 4.98 Å². The van der Waals surface area contributed by atoms with E-state index in [0.717, 1.165) is 0 Å². The lowest BCUT2D eigenvalue weighted by atomic mass is 10.2.